The molecular weight excluding hydrogens is 433 g/mol. The monoisotopic (exact) mass is 452 g/mol. The highest BCUT2D eigenvalue weighted by Gasteiger charge is 2.31. The molecule has 0 aliphatic carbocycles. The SMILES string of the molecule is CCOC(=O)c1csc(NC(=O)Cc2c(C)nn(-c3cccc(C(F)(F)F)c3)c2C)n1. The molecule has 11 heteroatoms. The fourth-order valence-electron chi connectivity index (χ4n) is 2.95. The zero-order valence-corrected chi connectivity index (χ0v) is 17.7. The molecule has 0 aliphatic rings. The number of hydrogen-bond donors (Lipinski definition) is 1. The molecule has 3 aromatic rings. The van der Waals surface area contributed by atoms with E-state index < -0.39 is 17.7 Å². The molecular formula is C20H19F3N4O3S. The van der Waals surface area contributed by atoms with E-state index in [2.05, 4.69) is 15.4 Å². The number of ether oxygens (including phenoxy) is 1. The van der Waals surface area contributed by atoms with Gasteiger partial charge in [-0.25, -0.2) is 14.5 Å². The number of aryl methyl sites for hydroxylation is 1. The van der Waals surface area contributed by atoms with E-state index in [9.17, 15) is 22.8 Å². The highest BCUT2D eigenvalue weighted by atomic mass is 32.1. The Bertz CT molecular complexity index is 1120. The molecule has 0 radical (unpaired) electrons. The van der Waals surface area contributed by atoms with Crippen LogP contribution < -0.4 is 5.32 Å². The Morgan fingerprint density at radius 2 is 2.00 bits per heavy atom. The number of halogens is 3. The standard InChI is InChI=1S/C20H19F3N4O3S/c1-4-30-18(29)16-10-31-19(24-16)25-17(28)9-15-11(2)26-27(12(15)3)14-7-5-6-13(8-14)20(21,22)23/h5-8,10H,4,9H2,1-3H3,(H,24,25,28). The lowest BCUT2D eigenvalue weighted by atomic mass is 10.1. The second-order valence-corrected chi connectivity index (χ2v) is 7.45. The fourth-order valence-corrected chi connectivity index (χ4v) is 3.65. The van der Waals surface area contributed by atoms with Crippen LogP contribution in [0, 0.1) is 13.8 Å². The number of carbonyl (C=O) groups excluding carboxylic acids is 2. The van der Waals surface area contributed by atoms with Crippen molar-refractivity contribution in [1.82, 2.24) is 14.8 Å². The number of alkyl halides is 3. The Morgan fingerprint density at radius 1 is 1.26 bits per heavy atom. The second kappa shape index (κ2) is 8.88. The molecule has 1 N–H and O–H groups in total. The van der Waals surface area contributed by atoms with Crippen LogP contribution in [0.2, 0.25) is 0 Å². The van der Waals surface area contributed by atoms with Crippen molar-refractivity contribution in [2.24, 2.45) is 0 Å². The summed E-state index contributed by atoms with van der Waals surface area (Å²) in [6, 6.07) is 4.83. The molecule has 164 valence electrons. The second-order valence-electron chi connectivity index (χ2n) is 6.59. The first-order valence-corrected chi connectivity index (χ1v) is 10.1. The summed E-state index contributed by atoms with van der Waals surface area (Å²) in [6.45, 7) is 5.26. The lowest BCUT2D eigenvalue weighted by molar-refractivity contribution is -0.137. The number of nitrogens with zero attached hydrogens (tertiary/aromatic N) is 3. The molecule has 1 amide bonds. The minimum atomic E-state index is -4.47. The number of anilines is 1. The highest BCUT2D eigenvalue weighted by Crippen LogP contribution is 2.31. The van der Waals surface area contributed by atoms with E-state index in [-0.39, 0.29) is 35.4 Å². The van der Waals surface area contributed by atoms with Crippen LogP contribution >= 0.6 is 11.3 Å². The Hall–Kier alpha value is -3.21. The topological polar surface area (TPSA) is 86.1 Å². The number of amides is 1. The van der Waals surface area contributed by atoms with Gasteiger partial charge in [0.1, 0.15) is 0 Å². The average molecular weight is 452 g/mol. The van der Waals surface area contributed by atoms with Gasteiger partial charge in [-0.3, -0.25) is 4.79 Å². The Labute approximate surface area is 179 Å². The smallest absolute Gasteiger partial charge is 0.416 e. The molecule has 0 bridgehead atoms. The zero-order valence-electron chi connectivity index (χ0n) is 16.9. The van der Waals surface area contributed by atoms with Gasteiger partial charge in [0.2, 0.25) is 5.91 Å². The van der Waals surface area contributed by atoms with E-state index in [1.54, 1.807) is 20.8 Å². The van der Waals surface area contributed by atoms with Crippen LogP contribution in [-0.4, -0.2) is 33.2 Å². The quantitative estimate of drug-likeness (QED) is 0.563. The van der Waals surface area contributed by atoms with E-state index in [0.717, 1.165) is 23.5 Å². The molecule has 0 spiro atoms. The van der Waals surface area contributed by atoms with Crippen molar-refractivity contribution in [2.75, 3.05) is 11.9 Å². The van der Waals surface area contributed by atoms with E-state index in [0.29, 0.717) is 17.0 Å². The van der Waals surface area contributed by atoms with Crippen molar-refractivity contribution in [3.05, 3.63) is 57.9 Å². The lowest BCUT2D eigenvalue weighted by Gasteiger charge is -2.10. The van der Waals surface area contributed by atoms with Crippen LogP contribution in [0.25, 0.3) is 5.69 Å². The summed E-state index contributed by atoms with van der Waals surface area (Å²) in [5, 5.41) is 8.65. The maximum Gasteiger partial charge on any atom is 0.416 e. The predicted molar refractivity (Wildman–Crippen MR) is 108 cm³/mol. The van der Waals surface area contributed by atoms with Crippen molar-refractivity contribution in [2.45, 2.75) is 33.4 Å². The summed E-state index contributed by atoms with van der Waals surface area (Å²) >= 11 is 1.09. The summed E-state index contributed by atoms with van der Waals surface area (Å²) < 4.78 is 45.3. The van der Waals surface area contributed by atoms with Gasteiger partial charge in [-0.05, 0) is 39.0 Å². The van der Waals surface area contributed by atoms with Gasteiger partial charge in [0.25, 0.3) is 0 Å². The third-order valence-corrected chi connectivity index (χ3v) is 5.19. The summed E-state index contributed by atoms with van der Waals surface area (Å²) in [4.78, 5) is 28.2. The van der Waals surface area contributed by atoms with Crippen LogP contribution in [0.5, 0.6) is 0 Å². The van der Waals surface area contributed by atoms with Gasteiger partial charge in [-0.2, -0.15) is 18.3 Å². The predicted octanol–water partition coefficient (Wildman–Crippen LogP) is 4.32. The molecule has 2 aromatic heterocycles. The van der Waals surface area contributed by atoms with E-state index in [1.807, 2.05) is 0 Å². The normalized spacial score (nSPS) is 11.4. The summed E-state index contributed by atoms with van der Waals surface area (Å²) in [7, 11) is 0. The van der Waals surface area contributed by atoms with Crippen LogP contribution in [0.15, 0.2) is 29.6 Å². The molecule has 0 saturated heterocycles. The van der Waals surface area contributed by atoms with Gasteiger partial charge in [0.15, 0.2) is 10.8 Å². The summed E-state index contributed by atoms with van der Waals surface area (Å²) in [5.41, 5.74) is 1.25. The van der Waals surface area contributed by atoms with E-state index in [4.69, 9.17) is 4.74 Å². The minimum absolute atomic E-state index is 0.0506. The maximum absolute atomic E-state index is 13.0. The number of nitrogens with one attached hydrogen (secondary N) is 1. The molecule has 0 atom stereocenters. The molecule has 7 nitrogen and oxygen atoms in total. The number of thiazole rings is 1. The third-order valence-electron chi connectivity index (χ3n) is 4.43. The fraction of sp³-hybridized carbons (Fsp3) is 0.300. The van der Waals surface area contributed by atoms with Crippen molar-refractivity contribution in [3.63, 3.8) is 0 Å². The van der Waals surface area contributed by atoms with Gasteiger partial charge in [0, 0.05) is 16.6 Å². The molecule has 1 aromatic carbocycles. The molecule has 0 unspecified atom stereocenters. The zero-order chi connectivity index (χ0) is 22.8. The molecule has 0 saturated carbocycles. The number of hydrogen-bond acceptors (Lipinski definition) is 6. The first kappa shape index (κ1) is 22.5. The van der Waals surface area contributed by atoms with E-state index in [1.165, 1.54) is 22.2 Å². The molecule has 2 heterocycles. The number of rotatable bonds is 6. The van der Waals surface area contributed by atoms with Crippen LogP contribution in [-0.2, 0) is 22.1 Å². The van der Waals surface area contributed by atoms with Crippen LogP contribution in [0.3, 0.4) is 0 Å². The van der Waals surface area contributed by atoms with Gasteiger partial charge < -0.3 is 10.1 Å². The van der Waals surface area contributed by atoms with Crippen molar-refractivity contribution >= 4 is 28.3 Å². The third kappa shape index (κ3) is 5.10. The van der Waals surface area contributed by atoms with E-state index >= 15 is 0 Å². The van der Waals surface area contributed by atoms with Gasteiger partial charge in [-0.1, -0.05) is 6.07 Å². The largest absolute Gasteiger partial charge is 0.461 e. The average Bonchev–Trinajstić information content (AvgIpc) is 3.27. The summed E-state index contributed by atoms with van der Waals surface area (Å²) in [6.07, 6.45) is -4.52. The number of benzene rings is 1. The first-order valence-electron chi connectivity index (χ1n) is 9.25. The van der Waals surface area contributed by atoms with Crippen molar-refractivity contribution in [3.8, 4) is 5.69 Å². The molecule has 3 rings (SSSR count). The lowest BCUT2D eigenvalue weighted by Crippen LogP contribution is -2.15. The van der Waals surface area contributed by atoms with Crippen LogP contribution in [0.4, 0.5) is 18.3 Å². The maximum atomic E-state index is 13.0. The number of aromatic nitrogens is 3. The Balaban J connectivity index is 1.77. The highest BCUT2D eigenvalue weighted by molar-refractivity contribution is 7.14. The van der Waals surface area contributed by atoms with Gasteiger partial charge in [-0.15, -0.1) is 11.3 Å². The van der Waals surface area contributed by atoms with Crippen molar-refractivity contribution in [1.29, 1.82) is 0 Å². The Kier molecular flexibility index (Phi) is 6.44. The number of carbonyl (C=O) groups is 2. The Morgan fingerprint density at radius 3 is 2.68 bits per heavy atom. The molecule has 0 aliphatic heterocycles. The van der Waals surface area contributed by atoms with Gasteiger partial charge >= 0.3 is 12.1 Å². The van der Waals surface area contributed by atoms with Crippen molar-refractivity contribution < 1.29 is 27.5 Å². The first-order chi connectivity index (χ1) is 14.6. The van der Waals surface area contributed by atoms with Crippen LogP contribution in [0.1, 0.15) is 39.9 Å². The molecule has 0 fully saturated rings. The molecule has 31 heavy (non-hydrogen) atoms. The van der Waals surface area contributed by atoms with Gasteiger partial charge in [0.05, 0.1) is 30.0 Å². The number of esters is 1. The minimum Gasteiger partial charge on any atom is -0.461 e. The summed E-state index contributed by atoms with van der Waals surface area (Å²) in [5.74, 6) is -0.965.